The minimum absolute atomic E-state index is 0.0994. The van der Waals surface area contributed by atoms with Gasteiger partial charge in [0.1, 0.15) is 0 Å². The van der Waals surface area contributed by atoms with Gasteiger partial charge in [-0.2, -0.15) is 0 Å². The Bertz CT molecular complexity index is 2660. The lowest BCUT2D eigenvalue weighted by molar-refractivity contribution is 0.465. The third-order valence-corrected chi connectivity index (χ3v) is 12.8. The summed E-state index contributed by atoms with van der Waals surface area (Å²) < 4.78 is 0. The minimum Gasteiger partial charge on any atom is -0.310 e. The zero-order valence-electron chi connectivity index (χ0n) is 30.0. The second-order valence-corrected chi connectivity index (χ2v) is 15.6. The van der Waals surface area contributed by atoms with Crippen LogP contribution in [0.5, 0.6) is 0 Å². The molecule has 0 radical (unpaired) electrons. The molecule has 11 rings (SSSR count). The zero-order chi connectivity index (χ0) is 35.3. The average molecular weight is 678 g/mol. The van der Waals surface area contributed by atoms with Crippen LogP contribution in [0.2, 0.25) is 0 Å². The molecular formula is C52H39N. The van der Waals surface area contributed by atoms with Gasteiger partial charge >= 0.3 is 0 Å². The molecule has 0 N–H and O–H groups in total. The second-order valence-electron chi connectivity index (χ2n) is 15.6. The monoisotopic (exact) mass is 677 g/mol. The van der Waals surface area contributed by atoms with E-state index in [9.17, 15) is 0 Å². The Morgan fingerprint density at radius 3 is 1.91 bits per heavy atom. The van der Waals surface area contributed by atoms with Gasteiger partial charge in [-0.25, -0.2) is 0 Å². The summed E-state index contributed by atoms with van der Waals surface area (Å²) in [5.41, 5.74) is 19.4. The Labute approximate surface area is 312 Å². The van der Waals surface area contributed by atoms with Crippen molar-refractivity contribution in [1.29, 1.82) is 0 Å². The summed E-state index contributed by atoms with van der Waals surface area (Å²) in [5, 5.41) is 0. The van der Waals surface area contributed by atoms with Gasteiger partial charge in [0, 0.05) is 34.2 Å². The molecule has 1 spiro atoms. The summed E-state index contributed by atoms with van der Waals surface area (Å²) in [6.45, 7) is 4.74. The molecule has 0 aromatic heterocycles. The van der Waals surface area contributed by atoms with E-state index in [1.807, 2.05) is 0 Å². The topological polar surface area (TPSA) is 3.24 Å². The van der Waals surface area contributed by atoms with E-state index in [1.54, 1.807) is 0 Å². The van der Waals surface area contributed by atoms with E-state index in [1.165, 1.54) is 78.1 Å². The fraction of sp³-hybridized carbons (Fsp3) is 0.115. The fourth-order valence-corrected chi connectivity index (χ4v) is 10.5. The Morgan fingerprint density at radius 1 is 0.453 bits per heavy atom. The van der Waals surface area contributed by atoms with Gasteiger partial charge in [-0.15, -0.1) is 0 Å². The van der Waals surface area contributed by atoms with E-state index >= 15 is 0 Å². The van der Waals surface area contributed by atoms with E-state index in [4.69, 9.17) is 0 Å². The molecule has 0 bridgehead atoms. The Balaban J connectivity index is 1.18. The zero-order valence-corrected chi connectivity index (χ0v) is 30.0. The molecule has 7 aromatic carbocycles. The molecule has 0 aliphatic heterocycles. The van der Waals surface area contributed by atoms with Crippen LogP contribution < -0.4 is 4.90 Å². The van der Waals surface area contributed by atoms with E-state index in [2.05, 4.69) is 207 Å². The maximum atomic E-state index is 2.54. The highest BCUT2D eigenvalue weighted by molar-refractivity contribution is 5.96. The molecule has 53 heavy (non-hydrogen) atoms. The first-order valence-corrected chi connectivity index (χ1v) is 18.9. The van der Waals surface area contributed by atoms with Crippen LogP contribution in [0.4, 0.5) is 17.1 Å². The molecule has 4 aliphatic carbocycles. The summed E-state index contributed by atoms with van der Waals surface area (Å²) in [6.07, 6.45) is 9.42. The van der Waals surface area contributed by atoms with Gasteiger partial charge in [0.2, 0.25) is 0 Å². The summed E-state index contributed by atoms with van der Waals surface area (Å²) in [6, 6.07) is 61.5. The Kier molecular flexibility index (Phi) is 6.41. The van der Waals surface area contributed by atoms with Crippen molar-refractivity contribution in [3.8, 4) is 33.4 Å². The molecule has 0 heterocycles. The lowest BCUT2D eigenvalue weighted by atomic mass is 9.65. The molecular weight excluding hydrogens is 639 g/mol. The van der Waals surface area contributed by atoms with Gasteiger partial charge < -0.3 is 4.90 Å². The third kappa shape index (κ3) is 4.08. The van der Waals surface area contributed by atoms with E-state index in [0.29, 0.717) is 5.92 Å². The molecule has 252 valence electrons. The second kappa shape index (κ2) is 11.2. The number of nitrogens with zero attached hydrogens (tertiary/aromatic N) is 1. The normalized spacial score (nSPS) is 20.3. The van der Waals surface area contributed by atoms with Crippen LogP contribution in [-0.2, 0) is 10.8 Å². The summed E-state index contributed by atoms with van der Waals surface area (Å²) in [4.78, 5) is 2.53. The standard InChI is InChI=1S/C52H39N/c1-51(2)43-21-10-9-20-42(43)50-47(51)25-14-26-49(50)53(36-29-27-35(28-30-36)34-15-4-3-5-16-34)37-31-32-41-40-19-8-13-24-46(40)52(48(41)33-37)44-22-11-6-17-38(44)39-18-7-12-23-45(39)52/h3-33,38,44H,1-2H3. The highest BCUT2D eigenvalue weighted by Gasteiger charge is 2.57. The molecule has 7 aromatic rings. The van der Waals surface area contributed by atoms with Gasteiger partial charge in [-0.3, -0.25) is 0 Å². The van der Waals surface area contributed by atoms with E-state index < -0.39 is 0 Å². The first-order chi connectivity index (χ1) is 26.1. The van der Waals surface area contributed by atoms with Gasteiger partial charge in [0.05, 0.1) is 11.1 Å². The maximum Gasteiger partial charge on any atom is 0.0543 e. The van der Waals surface area contributed by atoms with Crippen LogP contribution in [0.1, 0.15) is 53.1 Å². The van der Waals surface area contributed by atoms with Crippen LogP contribution in [0.3, 0.4) is 0 Å². The number of hydrogen-bond acceptors (Lipinski definition) is 1. The molecule has 0 amide bonds. The highest BCUT2D eigenvalue weighted by Crippen LogP contribution is 2.66. The third-order valence-electron chi connectivity index (χ3n) is 12.8. The van der Waals surface area contributed by atoms with E-state index in [0.717, 1.165) is 5.69 Å². The minimum atomic E-state index is -0.291. The average Bonchev–Trinajstić information content (AvgIpc) is 3.78. The van der Waals surface area contributed by atoms with Crippen molar-refractivity contribution < 1.29 is 0 Å². The first-order valence-electron chi connectivity index (χ1n) is 18.9. The van der Waals surface area contributed by atoms with Crippen molar-refractivity contribution in [3.05, 3.63) is 221 Å². The number of allylic oxidation sites excluding steroid dienone is 4. The number of fused-ring (bicyclic) bond motifs is 13. The summed E-state index contributed by atoms with van der Waals surface area (Å²) in [7, 11) is 0. The lowest BCUT2D eigenvalue weighted by Gasteiger charge is -2.37. The quantitative estimate of drug-likeness (QED) is 0.179. The first kappa shape index (κ1) is 30.4. The van der Waals surface area contributed by atoms with Gasteiger partial charge in [0.15, 0.2) is 0 Å². The Morgan fingerprint density at radius 2 is 1.08 bits per heavy atom. The molecule has 0 saturated heterocycles. The van der Waals surface area contributed by atoms with Crippen LogP contribution in [0, 0.1) is 5.92 Å². The van der Waals surface area contributed by atoms with Crippen molar-refractivity contribution in [2.24, 2.45) is 5.92 Å². The van der Waals surface area contributed by atoms with Gasteiger partial charge in [-0.1, -0.05) is 172 Å². The summed E-state index contributed by atoms with van der Waals surface area (Å²) in [5.74, 6) is 0.617. The molecule has 0 fully saturated rings. The van der Waals surface area contributed by atoms with Crippen molar-refractivity contribution in [2.45, 2.75) is 30.6 Å². The predicted octanol–water partition coefficient (Wildman–Crippen LogP) is 13.3. The number of benzene rings is 7. The van der Waals surface area contributed by atoms with Crippen molar-refractivity contribution in [1.82, 2.24) is 0 Å². The van der Waals surface area contributed by atoms with E-state index in [-0.39, 0.29) is 16.7 Å². The molecule has 4 aliphatic rings. The Hall–Kier alpha value is -6.18. The van der Waals surface area contributed by atoms with Crippen LogP contribution in [-0.4, -0.2) is 0 Å². The van der Waals surface area contributed by atoms with Crippen molar-refractivity contribution in [3.63, 3.8) is 0 Å². The molecule has 3 unspecified atom stereocenters. The molecule has 3 atom stereocenters. The van der Waals surface area contributed by atoms with Crippen molar-refractivity contribution in [2.75, 3.05) is 4.90 Å². The maximum absolute atomic E-state index is 2.54. The fourth-order valence-electron chi connectivity index (χ4n) is 10.5. The van der Waals surface area contributed by atoms with Crippen LogP contribution in [0.15, 0.2) is 188 Å². The van der Waals surface area contributed by atoms with Crippen molar-refractivity contribution >= 4 is 17.1 Å². The molecule has 1 heteroatoms. The lowest BCUT2D eigenvalue weighted by Crippen LogP contribution is -2.33. The predicted molar refractivity (Wildman–Crippen MR) is 220 cm³/mol. The SMILES string of the molecule is CC1(C)c2ccccc2-c2c(N(c3ccc(-c4ccccc4)cc3)c3ccc4c(c3)C3(c5ccccc5-4)c4ccccc4C4C=CC=CC43)cccc21. The largest absolute Gasteiger partial charge is 0.310 e. The van der Waals surface area contributed by atoms with Crippen LogP contribution >= 0.6 is 0 Å². The number of rotatable bonds is 4. The highest BCUT2D eigenvalue weighted by atomic mass is 15.1. The number of anilines is 3. The molecule has 1 nitrogen and oxygen atoms in total. The van der Waals surface area contributed by atoms with Gasteiger partial charge in [0.25, 0.3) is 0 Å². The molecule has 0 saturated carbocycles. The van der Waals surface area contributed by atoms with Crippen LogP contribution in [0.25, 0.3) is 33.4 Å². The summed E-state index contributed by atoms with van der Waals surface area (Å²) >= 11 is 0. The van der Waals surface area contributed by atoms with Gasteiger partial charge in [-0.05, 0) is 91.5 Å². The number of hydrogen-bond donors (Lipinski definition) is 0. The smallest absolute Gasteiger partial charge is 0.0543 e.